The van der Waals surface area contributed by atoms with E-state index in [2.05, 4.69) is 9.97 Å². The van der Waals surface area contributed by atoms with Gasteiger partial charge in [0.15, 0.2) is 10.9 Å². The normalized spacial score (nSPS) is 10.2. The van der Waals surface area contributed by atoms with Gasteiger partial charge in [0.05, 0.1) is 14.2 Å². The zero-order valence-electron chi connectivity index (χ0n) is 9.78. The van der Waals surface area contributed by atoms with E-state index in [1.807, 2.05) is 0 Å². The zero-order valence-corrected chi connectivity index (χ0v) is 11.3. The zero-order chi connectivity index (χ0) is 13.1. The molecule has 0 fully saturated rings. The van der Waals surface area contributed by atoms with E-state index in [4.69, 9.17) is 32.7 Å². The van der Waals surface area contributed by atoms with E-state index in [1.165, 1.54) is 13.4 Å². The molecule has 0 unspecified atom stereocenters. The largest absolute Gasteiger partial charge is 0.496 e. The Labute approximate surface area is 114 Å². The number of rotatable bonds is 3. The van der Waals surface area contributed by atoms with E-state index in [1.54, 1.807) is 25.3 Å². The van der Waals surface area contributed by atoms with Crippen LogP contribution >= 0.6 is 23.2 Å². The highest BCUT2D eigenvalue weighted by atomic mass is 35.5. The van der Waals surface area contributed by atoms with Crippen molar-refractivity contribution < 1.29 is 9.47 Å². The van der Waals surface area contributed by atoms with Crippen LogP contribution in [0.4, 0.5) is 0 Å². The van der Waals surface area contributed by atoms with Gasteiger partial charge in [-0.15, -0.1) is 0 Å². The molecule has 0 radical (unpaired) electrons. The van der Waals surface area contributed by atoms with Gasteiger partial charge in [-0.25, -0.2) is 9.97 Å². The van der Waals surface area contributed by atoms with Crippen LogP contribution in [-0.4, -0.2) is 24.2 Å². The molecule has 0 saturated heterocycles. The fourth-order valence-corrected chi connectivity index (χ4v) is 1.97. The summed E-state index contributed by atoms with van der Waals surface area (Å²) in [6, 6.07) is 5.23. The van der Waals surface area contributed by atoms with E-state index in [0.29, 0.717) is 27.8 Å². The number of aromatic nitrogens is 2. The molecule has 0 saturated carbocycles. The summed E-state index contributed by atoms with van der Waals surface area (Å²) in [6.07, 6.45) is 1.36. The summed E-state index contributed by atoms with van der Waals surface area (Å²) < 4.78 is 10.5. The minimum absolute atomic E-state index is 0.240. The highest BCUT2D eigenvalue weighted by Gasteiger charge is 2.16. The molecule has 18 heavy (non-hydrogen) atoms. The first kappa shape index (κ1) is 12.9. The highest BCUT2D eigenvalue weighted by Crippen LogP contribution is 2.38. The Morgan fingerprint density at radius 2 is 1.83 bits per heavy atom. The molecule has 1 aromatic heterocycles. The molecule has 0 spiro atoms. The fourth-order valence-electron chi connectivity index (χ4n) is 1.59. The molecule has 0 aliphatic heterocycles. The van der Waals surface area contributed by atoms with Crippen molar-refractivity contribution >= 4 is 23.2 Å². The number of hydrogen-bond donors (Lipinski definition) is 0. The summed E-state index contributed by atoms with van der Waals surface area (Å²) in [7, 11) is 3.08. The van der Waals surface area contributed by atoms with Crippen molar-refractivity contribution in [3.63, 3.8) is 0 Å². The Kier molecular flexibility index (Phi) is 3.89. The minimum atomic E-state index is 0.240. The fraction of sp³-hybridized carbons (Fsp3) is 0.167. The first-order valence-corrected chi connectivity index (χ1v) is 5.81. The van der Waals surface area contributed by atoms with Crippen LogP contribution in [0.25, 0.3) is 11.3 Å². The predicted octanol–water partition coefficient (Wildman–Crippen LogP) is 3.47. The third-order valence-electron chi connectivity index (χ3n) is 2.38. The number of methoxy groups -OCH3 is 2. The molecule has 0 N–H and O–H groups in total. The van der Waals surface area contributed by atoms with Crippen molar-refractivity contribution in [2.45, 2.75) is 0 Å². The van der Waals surface area contributed by atoms with Crippen molar-refractivity contribution in [1.82, 2.24) is 9.97 Å². The minimum Gasteiger partial charge on any atom is -0.496 e. The summed E-state index contributed by atoms with van der Waals surface area (Å²) >= 11 is 12.0. The smallest absolute Gasteiger partial charge is 0.182 e. The van der Waals surface area contributed by atoms with Gasteiger partial charge >= 0.3 is 0 Å². The van der Waals surface area contributed by atoms with Gasteiger partial charge < -0.3 is 9.47 Å². The Morgan fingerprint density at radius 3 is 2.50 bits per heavy atom. The Bertz CT molecular complexity index is 576. The van der Waals surface area contributed by atoms with Crippen LogP contribution in [0.3, 0.4) is 0 Å². The molecule has 94 valence electrons. The van der Waals surface area contributed by atoms with Gasteiger partial charge in [-0.2, -0.15) is 0 Å². The van der Waals surface area contributed by atoms with E-state index in [0.717, 1.165) is 0 Å². The lowest BCUT2D eigenvalue weighted by Crippen LogP contribution is -1.96. The quantitative estimate of drug-likeness (QED) is 0.810. The van der Waals surface area contributed by atoms with E-state index >= 15 is 0 Å². The second kappa shape index (κ2) is 5.42. The summed E-state index contributed by atoms with van der Waals surface area (Å²) in [5, 5.41) is 0.812. The lowest BCUT2D eigenvalue weighted by atomic mass is 10.1. The van der Waals surface area contributed by atoms with Crippen LogP contribution in [0.5, 0.6) is 11.5 Å². The molecular weight excluding hydrogens is 275 g/mol. The van der Waals surface area contributed by atoms with Crippen LogP contribution in [0.2, 0.25) is 10.2 Å². The van der Waals surface area contributed by atoms with Crippen LogP contribution < -0.4 is 9.47 Å². The van der Waals surface area contributed by atoms with Gasteiger partial charge in [-0.3, -0.25) is 0 Å². The van der Waals surface area contributed by atoms with Crippen LogP contribution in [0.1, 0.15) is 0 Å². The Morgan fingerprint density at radius 1 is 1.06 bits per heavy atom. The molecule has 0 aliphatic rings. The molecule has 6 heteroatoms. The molecule has 1 heterocycles. The second-order valence-electron chi connectivity index (χ2n) is 3.39. The lowest BCUT2D eigenvalue weighted by molar-refractivity contribution is 0.407. The van der Waals surface area contributed by atoms with Crippen LogP contribution in [0, 0.1) is 0 Å². The van der Waals surface area contributed by atoms with Crippen molar-refractivity contribution in [2.75, 3.05) is 14.2 Å². The number of halogens is 2. The van der Waals surface area contributed by atoms with Gasteiger partial charge in [-0.05, 0) is 18.2 Å². The maximum absolute atomic E-state index is 5.99. The maximum atomic E-state index is 5.99. The molecule has 0 amide bonds. The monoisotopic (exact) mass is 284 g/mol. The molecule has 0 atom stereocenters. The van der Waals surface area contributed by atoms with Crippen molar-refractivity contribution in [1.29, 1.82) is 0 Å². The summed E-state index contributed by atoms with van der Waals surface area (Å²) in [5.74, 6) is 1.02. The highest BCUT2D eigenvalue weighted by molar-refractivity contribution is 6.31. The average Bonchev–Trinajstić information content (AvgIpc) is 2.38. The van der Waals surface area contributed by atoms with E-state index < -0.39 is 0 Å². The summed E-state index contributed by atoms with van der Waals surface area (Å²) in [6.45, 7) is 0. The van der Waals surface area contributed by atoms with Gasteiger partial charge in [-0.1, -0.05) is 23.2 Å². The molecule has 0 aliphatic carbocycles. The van der Waals surface area contributed by atoms with Crippen molar-refractivity contribution in [3.05, 3.63) is 34.7 Å². The number of nitrogens with zero attached hydrogens (tertiary/aromatic N) is 2. The number of benzene rings is 1. The average molecular weight is 285 g/mol. The number of ether oxygens (including phenoxy) is 2. The van der Waals surface area contributed by atoms with Crippen LogP contribution in [-0.2, 0) is 0 Å². The van der Waals surface area contributed by atoms with Gasteiger partial charge in [0.1, 0.15) is 17.8 Å². The third-order valence-corrected chi connectivity index (χ3v) is 2.89. The second-order valence-corrected chi connectivity index (χ2v) is 4.19. The molecule has 1 aromatic carbocycles. The SMILES string of the molecule is COc1ccc(Cl)cc1-c1ncnc(Cl)c1OC. The Hall–Kier alpha value is -1.52. The first-order valence-electron chi connectivity index (χ1n) is 5.05. The predicted molar refractivity (Wildman–Crippen MR) is 70.6 cm³/mol. The summed E-state index contributed by atoms with van der Waals surface area (Å²) in [5.41, 5.74) is 1.24. The van der Waals surface area contributed by atoms with E-state index in [-0.39, 0.29) is 5.15 Å². The molecule has 0 bridgehead atoms. The molecule has 4 nitrogen and oxygen atoms in total. The molecule has 2 aromatic rings. The van der Waals surface area contributed by atoms with Crippen molar-refractivity contribution in [3.8, 4) is 22.8 Å². The van der Waals surface area contributed by atoms with Gasteiger partial charge in [0.2, 0.25) is 0 Å². The van der Waals surface area contributed by atoms with Gasteiger partial charge in [0, 0.05) is 10.6 Å². The molecular formula is C12H10Cl2N2O2. The lowest BCUT2D eigenvalue weighted by Gasteiger charge is -2.12. The maximum Gasteiger partial charge on any atom is 0.182 e. The number of hydrogen-bond acceptors (Lipinski definition) is 4. The summed E-state index contributed by atoms with van der Waals surface area (Å²) in [4.78, 5) is 8.04. The topological polar surface area (TPSA) is 44.2 Å². The Balaban J connectivity index is 2.68. The van der Waals surface area contributed by atoms with Crippen LogP contribution in [0.15, 0.2) is 24.5 Å². The van der Waals surface area contributed by atoms with Crippen molar-refractivity contribution in [2.24, 2.45) is 0 Å². The first-order chi connectivity index (χ1) is 8.67. The van der Waals surface area contributed by atoms with Gasteiger partial charge in [0.25, 0.3) is 0 Å². The molecule has 2 rings (SSSR count). The standard InChI is InChI=1S/C12H10Cl2N2O2/c1-17-9-4-3-7(13)5-8(9)10-11(18-2)12(14)16-6-15-10/h3-6H,1-2H3. The van der Waals surface area contributed by atoms with E-state index in [9.17, 15) is 0 Å². The third kappa shape index (κ3) is 2.35.